The van der Waals surface area contributed by atoms with Gasteiger partial charge in [0.25, 0.3) is 0 Å². The van der Waals surface area contributed by atoms with E-state index in [1.165, 1.54) is 6.42 Å². The Hall–Kier alpha value is -0.120. The van der Waals surface area contributed by atoms with Gasteiger partial charge in [-0.3, -0.25) is 4.90 Å². The van der Waals surface area contributed by atoms with Gasteiger partial charge in [-0.05, 0) is 6.42 Å². The number of hydrogen-bond acceptors (Lipinski definition) is 3. The van der Waals surface area contributed by atoms with Crippen molar-refractivity contribution >= 4 is 0 Å². The molecule has 0 aromatic heterocycles. The Balaban J connectivity index is 2.31. The molecule has 1 rings (SSSR count). The van der Waals surface area contributed by atoms with Gasteiger partial charge in [0.2, 0.25) is 0 Å². The molecule has 1 aliphatic rings. The van der Waals surface area contributed by atoms with Crippen molar-refractivity contribution in [3.05, 3.63) is 0 Å². The normalized spacial score (nSPS) is 27.3. The van der Waals surface area contributed by atoms with Gasteiger partial charge < -0.3 is 11.1 Å². The summed E-state index contributed by atoms with van der Waals surface area (Å²) in [5.74, 6) is 0. The van der Waals surface area contributed by atoms with Crippen molar-refractivity contribution < 1.29 is 0 Å². The quantitative estimate of drug-likeness (QED) is 0.587. The smallest absolute Gasteiger partial charge is 0.0219 e. The lowest BCUT2D eigenvalue weighted by Crippen LogP contribution is -2.52. The summed E-state index contributed by atoms with van der Waals surface area (Å²) in [4.78, 5) is 2.48. The number of nitrogens with zero attached hydrogens (tertiary/aromatic N) is 1. The van der Waals surface area contributed by atoms with E-state index in [2.05, 4.69) is 17.1 Å². The Morgan fingerprint density at radius 1 is 1.64 bits per heavy atom. The molecule has 3 heteroatoms. The average Bonchev–Trinajstić information content (AvgIpc) is 2.06. The molecular formula is C8H19N3. The van der Waals surface area contributed by atoms with Crippen LogP contribution in [0.5, 0.6) is 0 Å². The molecule has 1 aliphatic heterocycles. The van der Waals surface area contributed by atoms with Gasteiger partial charge in [0.1, 0.15) is 0 Å². The van der Waals surface area contributed by atoms with Crippen LogP contribution in [0.25, 0.3) is 0 Å². The summed E-state index contributed by atoms with van der Waals surface area (Å²) >= 11 is 0. The van der Waals surface area contributed by atoms with E-state index in [1.807, 2.05) is 0 Å². The Morgan fingerprint density at radius 3 is 3.09 bits per heavy atom. The summed E-state index contributed by atoms with van der Waals surface area (Å²) in [5, 5.41) is 3.39. The molecule has 0 aromatic carbocycles. The molecule has 1 fully saturated rings. The molecule has 0 aromatic rings. The summed E-state index contributed by atoms with van der Waals surface area (Å²) in [5.41, 5.74) is 5.51. The molecule has 0 saturated carbocycles. The molecule has 0 bridgehead atoms. The maximum absolute atomic E-state index is 5.51. The summed E-state index contributed by atoms with van der Waals surface area (Å²) in [7, 11) is 0. The van der Waals surface area contributed by atoms with Gasteiger partial charge in [-0.2, -0.15) is 0 Å². The standard InChI is InChI=1S/C8H19N3/c1-2-8-7-10-4-6-11(8)5-3-9/h8,10H,2-7,9H2,1H3. The molecule has 66 valence electrons. The van der Waals surface area contributed by atoms with Crippen LogP contribution in [0.1, 0.15) is 13.3 Å². The topological polar surface area (TPSA) is 41.3 Å². The van der Waals surface area contributed by atoms with Crippen molar-refractivity contribution in [3.8, 4) is 0 Å². The molecule has 0 aliphatic carbocycles. The molecule has 1 heterocycles. The number of piperazine rings is 1. The molecular weight excluding hydrogens is 138 g/mol. The first-order chi connectivity index (χ1) is 5.38. The first-order valence-corrected chi connectivity index (χ1v) is 4.53. The first-order valence-electron chi connectivity index (χ1n) is 4.53. The highest BCUT2D eigenvalue weighted by atomic mass is 15.2. The Morgan fingerprint density at radius 2 is 2.45 bits per heavy atom. The average molecular weight is 157 g/mol. The number of nitrogens with one attached hydrogen (secondary N) is 1. The zero-order valence-corrected chi connectivity index (χ0v) is 7.34. The van der Waals surface area contributed by atoms with Crippen molar-refractivity contribution in [2.45, 2.75) is 19.4 Å². The number of rotatable bonds is 3. The van der Waals surface area contributed by atoms with Crippen LogP contribution >= 0.6 is 0 Å². The highest BCUT2D eigenvalue weighted by Crippen LogP contribution is 2.05. The summed E-state index contributed by atoms with van der Waals surface area (Å²) in [6.07, 6.45) is 1.23. The minimum atomic E-state index is 0.715. The van der Waals surface area contributed by atoms with Gasteiger partial charge in [0.15, 0.2) is 0 Å². The molecule has 3 nitrogen and oxygen atoms in total. The predicted molar refractivity (Wildman–Crippen MR) is 47.6 cm³/mol. The van der Waals surface area contributed by atoms with E-state index in [1.54, 1.807) is 0 Å². The van der Waals surface area contributed by atoms with Crippen molar-refractivity contribution in [2.75, 3.05) is 32.7 Å². The minimum absolute atomic E-state index is 0.715. The SMILES string of the molecule is CCC1CNCCN1CCN. The van der Waals surface area contributed by atoms with E-state index in [4.69, 9.17) is 5.73 Å². The second-order valence-electron chi connectivity index (χ2n) is 3.09. The second-order valence-corrected chi connectivity index (χ2v) is 3.09. The van der Waals surface area contributed by atoms with Crippen molar-refractivity contribution in [1.29, 1.82) is 0 Å². The summed E-state index contributed by atoms with van der Waals surface area (Å²) in [6.45, 7) is 7.50. The van der Waals surface area contributed by atoms with Crippen LogP contribution in [-0.4, -0.2) is 43.7 Å². The van der Waals surface area contributed by atoms with Crippen molar-refractivity contribution in [1.82, 2.24) is 10.2 Å². The number of hydrogen-bond donors (Lipinski definition) is 2. The monoisotopic (exact) mass is 157 g/mol. The Kier molecular flexibility index (Phi) is 3.83. The van der Waals surface area contributed by atoms with Gasteiger partial charge in [-0.1, -0.05) is 6.92 Å². The molecule has 1 atom stereocenters. The fourth-order valence-electron chi connectivity index (χ4n) is 1.67. The van der Waals surface area contributed by atoms with E-state index < -0.39 is 0 Å². The molecule has 1 unspecified atom stereocenters. The lowest BCUT2D eigenvalue weighted by molar-refractivity contribution is 0.162. The van der Waals surface area contributed by atoms with E-state index in [-0.39, 0.29) is 0 Å². The van der Waals surface area contributed by atoms with Crippen LogP contribution in [-0.2, 0) is 0 Å². The predicted octanol–water partition coefficient (Wildman–Crippen LogP) is -0.371. The third-order valence-electron chi connectivity index (χ3n) is 2.36. The molecule has 3 N–H and O–H groups in total. The van der Waals surface area contributed by atoms with E-state index in [9.17, 15) is 0 Å². The van der Waals surface area contributed by atoms with Crippen LogP contribution in [0.4, 0.5) is 0 Å². The fourth-order valence-corrected chi connectivity index (χ4v) is 1.67. The first kappa shape index (κ1) is 8.97. The van der Waals surface area contributed by atoms with E-state index in [0.717, 1.165) is 32.7 Å². The van der Waals surface area contributed by atoms with Gasteiger partial charge in [-0.15, -0.1) is 0 Å². The Labute approximate surface area is 68.9 Å². The maximum Gasteiger partial charge on any atom is 0.0219 e. The highest BCUT2D eigenvalue weighted by Gasteiger charge is 2.18. The van der Waals surface area contributed by atoms with E-state index >= 15 is 0 Å². The minimum Gasteiger partial charge on any atom is -0.329 e. The van der Waals surface area contributed by atoms with Crippen LogP contribution in [0, 0.1) is 0 Å². The maximum atomic E-state index is 5.51. The van der Waals surface area contributed by atoms with Crippen LogP contribution < -0.4 is 11.1 Å². The zero-order valence-electron chi connectivity index (χ0n) is 7.34. The molecule has 1 saturated heterocycles. The van der Waals surface area contributed by atoms with Gasteiger partial charge in [0.05, 0.1) is 0 Å². The summed E-state index contributed by atoms with van der Waals surface area (Å²) in [6, 6.07) is 0.715. The molecule has 11 heavy (non-hydrogen) atoms. The number of nitrogens with two attached hydrogens (primary N) is 1. The van der Waals surface area contributed by atoms with Gasteiger partial charge in [0, 0.05) is 38.8 Å². The molecule has 0 amide bonds. The van der Waals surface area contributed by atoms with Crippen LogP contribution in [0.3, 0.4) is 0 Å². The second kappa shape index (κ2) is 4.70. The largest absolute Gasteiger partial charge is 0.329 e. The van der Waals surface area contributed by atoms with Gasteiger partial charge in [-0.25, -0.2) is 0 Å². The zero-order chi connectivity index (χ0) is 8.10. The highest BCUT2D eigenvalue weighted by molar-refractivity contribution is 4.78. The van der Waals surface area contributed by atoms with Crippen LogP contribution in [0.2, 0.25) is 0 Å². The van der Waals surface area contributed by atoms with Crippen molar-refractivity contribution in [2.24, 2.45) is 5.73 Å². The third kappa shape index (κ3) is 2.43. The van der Waals surface area contributed by atoms with Gasteiger partial charge >= 0.3 is 0 Å². The third-order valence-corrected chi connectivity index (χ3v) is 2.36. The molecule has 0 spiro atoms. The van der Waals surface area contributed by atoms with E-state index in [0.29, 0.717) is 6.04 Å². The Bertz CT molecular complexity index is 104. The van der Waals surface area contributed by atoms with Crippen LogP contribution in [0.15, 0.2) is 0 Å². The van der Waals surface area contributed by atoms with Crippen molar-refractivity contribution in [3.63, 3.8) is 0 Å². The lowest BCUT2D eigenvalue weighted by atomic mass is 10.1. The summed E-state index contributed by atoms with van der Waals surface area (Å²) < 4.78 is 0. The lowest BCUT2D eigenvalue weighted by Gasteiger charge is -2.35. The molecule has 0 radical (unpaired) electrons. The fraction of sp³-hybridized carbons (Fsp3) is 1.00.